The maximum absolute atomic E-state index is 10.2. The van der Waals surface area contributed by atoms with Crippen LogP contribution in [0.5, 0.6) is 34.5 Å². The Morgan fingerprint density at radius 3 is 1.86 bits per heavy atom. The first-order chi connectivity index (χ1) is 14.0. The molecular weight excluding hydrogens is 376 g/mol. The molecule has 0 aromatic heterocycles. The van der Waals surface area contributed by atoms with Crippen molar-refractivity contribution in [1.82, 2.24) is 0 Å². The topological polar surface area (TPSA) is 75.6 Å². The Morgan fingerprint density at radius 1 is 0.793 bits per heavy atom. The summed E-state index contributed by atoms with van der Waals surface area (Å²) in [6.45, 7) is 4.51. The van der Waals surface area contributed by atoms with Crippen molar-refractivity contribution in [1.29, 1.82) is 0 Å². The van der Waals surface area contributed by atoms with Gasteiger partial charge in [-0.25, -0.2) is 0 Å². The molecule has 0 aliphatic carbocycles. The number of benzene rings is 2. The van der Waals surface area contributed by atoms with Crippen LogP contribution >= 0.6 is 0 Å². The highest BCUT2D eigenvalue weighted by molar-refractivity contribution is 5.56. The average molecular weight is 402 g/mol. The van der Waals surface area contributed by atoms with E-state index < -0.39 is 0 Å². The van der Waals surface area contributed by atoms with Gasteiger partial charge in [0.2, 0.25) is 18.3 Å². The first kappa shape index (κ1) is 19.5. The number of rotatable bonds is 5. The van der Waals surface area contributed by atoms with Crippen molar-refractivity contribution in [2.45, 2.75) is 26.1 Å². The summed E-state index contributed by atoms with van der Waals surface area (Å²) in [6.07, 6.45) is -0.334. The molecule has 0 bridgehead atoms. The average Bonchev–Trinajstić information content (AvgIpc) is 3.32. The van der Waals surface area contributed by atoms with Crippen molar-refractivity contribution in [3.8, 4) is 34.5 Å². The van der Waals surface area contributed by atoms with E-state index in [0.717, 1.165) is 11.1 Å². The molecule has 4 atom stereocenters. The fourth-order valence-corrected chi connectivity index (χ4v) is 4.11. The van der Waals surface area contributed by atoms with Crippen LogP contribution < -0.4 is 23.7 Å². The van der Waals surface area contributed by atoms with Gasteiger partial charge in [0.15, 0.2) is 23.0 Å². The Kier molecular flexibility index (Phi) is 5.08. The van der Waals surface area contributed by atoms with Crippen LogP contribution in [0.4, 0.5) is 0 Å². The summed E-state index contributed by atoms with van der Waals surface area (Å²) in [4.78, 5) is 0. The van der Waals surface area contributed by atoms with Gasteiger partial charge in [0, 0.05) is 0 Å². The first-order valence-corrected chi connectivity index (χ1v) is 9.56. The quantitative estimate of drug-likeness (QED) is 0.802. The zero-order valence-electron chi connectivity index (χ0n) is 17.2. The molecule has 1 saturated heterocycles. The molecular formula is C22H26O7. The lowest BCUT2D eigenvalue weighted by Gasteiger charge is -2.19. The molecule has 4 rings (SSSR count). The van der Waals surface area contributed by atoms with Crippen molar-refractivity contribution in [3.63, 3.8) is 0 Å². The van der Waals surface area contributed by atoms with Crippen LogP contribution in [0.15, 0.2) is 24.3 Å². The van der Waals surface area contributed by atoms with E-state index in [1.54, 1.807) is 19.2 Å². The van der Waals surface area contributed by atoms with Gasteiger partial charge in [-0.15, -0.1) is 0 Å². The van der Waals surface area contributed by atoms with Gasteiger partial charge in [0.1, 0.15) is 0 Å². The second-order valence-corrected chi connectivity index (χ2v) is 7.43. The molecule has 0 amide bonds. The number of hydrogen-bond acceptors (Lipinski definition) is 7. The van der Waals surface area contributed by atoms with Crippen molar-refractivity contribution in [2.75, 3.05) is 28.1 Å². The molecule has 0 unspecified atom stereocenters. The third-order valence-corrected chi connectivity index (χ3v) is 5.92. The maximum Gasteiger partial charge on any atom is 0.231 e. The smallest absolute Gasteiger partial charge is 0.231 e. The zero-order chi connectivity index (χ0) is 20.7. The lowest BCUT2D eigenvalue weighted by molar-refractivity contribution is 0.0286. The second-order valence-electron chi connectivity index (χ2n) is 7.43. The predicted molar refractivity (Wildman–Crippen MR) is 105 cm³/mol. The van der Waals surface area contributed by atoms with Gasteiger partial charge in [-0.3, -0.25) is 0 Å². The number of phenolic OH excluding ortho intramolecular Hbond substituents is 1. The Hall–Kier alpha value is -2.80. The third kappa shape index (κ3) is 3.19. The standard InChI is InChI=1S/C22H26O7/c1-11-12(2)21(14-8-17(26-5)22-18(9-14)27-10-28-22)29-20(11)13-6-15(24-3)19(23)16(7-13)25-4/h6-9,11-12,20-21,23H,10H2,1-5H3/t11-,12-,20-,21+/m0/s1. The van der Waals surface area contributed by atoms with E-state index in [1.165, 1.54) is 14.2 Å². The number of aromatic hydroxyl groups is 1. The van der Waals surface area contributed by atoms with E-state index in [4.69, 9.17) is 28.4 Å². The minimum atomic E-state index is -0.185. The Bertz CT molecular complexity index is 861. The fourth-order valence-electron chi connectivity index (χ4n) is 4.11. The minimum absolute atomic E-state index is 0.0190. The number of hydrogen-bond donors (Lipinski definition) is 1. The lowest BCUT2D eigenvalue weighted by Crippen LogP contribution is -2.10. The number of phenols is 1. The van der Waals surface area contributed by atoms with E-state index in [2.05, 4.69) is 13.8 Å². The summed E-state index contributed by atoms with van der Waals surface area (Å²) >= 11 is 0. The minimum Gasteiger partial charge on any atom is -0.502 e. The van der Waals surface area contributed by atoms with Gasteiger partial charge >= 0.3 is 0 Å². The summed E-state index contributed by atoms with van der Waals surface area (Å²) in [7, 11) is 4.64. The van der Waals surface area contributed by atoms with Gasteiger partial charge in [-0.2, -0.15) is 0 Å². The van der Waals surface area contributed by atoms with E-state index >= 15 is 0 Å². The number of ether oxygens (including phenoxy) is 6. The molecule has 2 aromatic carbocycles. The molecule has 2 aromatic rings. The van der Waals surface area contributed by atoms with E-state index in [1.807, 2.05) is 12.1 Å². The molecule has 2 aliphatic rings. The molecule has 0 spiro atoms. The largest absolute Gasteiger partial charge is 0.502 e. The van der Waals surface area contributed by atoms with Crippen LogP contribution in [-0.4, -0.2) is 33.2 Å². The lowest BCUT2D eigenvalue weighted by atomic mass is 9.85. The first-order valence-electron chi connectivity index (χ1n) is 9.56. The van der Waals surface area contributed by atoms with Crippen LogP contribution in [0.25, 0.3) is 0 Å². The fraction of sp³-hybridized carbons (Fsp3) is 0.455. The molecule has 2 aliphatic heterocycles. The van der Waals surface area contributed by atoms with Crippen LogP contribution in [0.1, 0.15) is 37.2 Å². The molecule has 0 radical (unpaired) electrons. The zero-order valence-corrected chi connectivity index (χ0v) is 17.2. The highest BCUT2D eigenvalue weighted by atomic mass is 16.7. The van der Waals surface area contributed by atoms with Gasteiger partial charge < -0.3 is 33.5 Å². The van der Waals surface area contributed by atoms with Crippen LogP contribution in [0.3, 0.4) is 0 Å². The maximum atomic E-state index is 10.2. The van der Waals surface area contributed by atoms with E-state index in [0.29, 0.717) is 28.7 Å². The highest BCUT2D eigenvalue weighted by Crippen LogP contribution is 2.53. The second kappa shape index (κ2) is 7.55. The van der Waals surface area contributed by atoms with Crippen molar-refractivity contribution < 1.29 is 33.5 Å². The molecule has 7 heteroatoms. The van der Waals surface area contributed by atoms with Crippen LogP contribution in [0.2, 0.25) is 0 Å². The third-order valence-electron chi connectivity index (χ3n) is 5.92. The van der Waals surface area contributed by atoms with E-state index in [9.17, 15) is 5.11 Å². The molecule has 29 heavy (non-hydrogen) atoms. The van der Waals surface area contributed by atoms with Gasteiger partial charge in [-0.05, 0) is 47.2 Å². The highest BCUT2D eigenvalue weighted by Gasteiger charge is 2.42. The van der Waals surface area contributed by atoms with Gasteiger partial charge in [0.25, 0.3) is 0 Å². The summed E-state index contributed by atoms with van der Waals surface area (Å²) in [5.74, 6) is 3.07. The molecule has 2 heterocycles. The van der Waals surface area contributed by atoms with Gasteiger partial charge in [0.05, 0.1) is 33.5 Å². The molecule has 156 valence electrons. The number of methoxy groups -OCH3 is 3. The summed E-state index contributed by atoms with van der Waals surface area (Å²) < 4.78 is 33.7. The van der Waals surface area contributed by atoms with Crippen molar-refractivity contribution >= 4 is 0 Å². The Labute approximate surface area is 170 Å². The van der Waals surface area contributed by atoms with Crippen LogP contribution in [-0.2, 0) is 4.74 Å². The molecule has 0 saturated carbocycles. The van der Waals surface area contributed by atoms with Crippen LogP contribution in [0, 0.1) is 11.8 Å². The molecule has 7 nitrogen and oxygen atoms in total. The molecule has 1 fully saturated rings. The normalized spacial score (nSPS) is 25.1. The number of fused-ring (bicyclic) bond motifs is 1. The SMILES string of the molecule is COc1cc([C@H]2O[C@@H](c3cc(OC)c4c(c3)OCO4)[C@@H](C)[C@@H]2C)cc(OC)c1O. The Balaban J connectivity index is 1.69. The Morgan fingerprint density at radius 2 is 1.31 bits per heavy atom. The van der Waals surface area contributed by atoms with Crippen molar-refractivity contribution in [3.05, 3.63) is 35.4 Å². The molecule has 1 N–H and O–H groups in total. The summed E-state index contributed by atoms with van der Waals surface area (Å²) in [5.41, 5.74) is 1.87. The monoisotopic (exact) mass is 402 g/mol. The van der Waals surface area contributed by atoms with E-state index in [-0.39, 0.29) is 36.6 Å². The summed E-state index contributed by atoms with van der Waals surface area (Å²) in [5, 5.41) is 10.2. The summed E-state index contributed by atoms with van der Waals surface area (Å²) in [6, 6.07) is 7.50. The van der Waals surface area contributed by atoms with Gasteiger partial charge in [-0.1, -0.05) is 13.8 Å². The predicted octanol–water partition coefficient (Wildman–Crippen LogP) is 4.23. The van der Waals surface area contributed by atoms with Crippen molar-refractivity contribution in [2.24, 2.45) is 11.8 Å².